The van der Waals surface area contributed by atoms with Gasteiger partial charge in [-0.3, -0.25) is 14.4 Å². The molecule has 0 unspecified atom stereocenters. The van der Waals surface area contributed by atoms with Crippen LogP contribution < -0.4 is 9.47 Å². The first-order valence-corrected chi connectivity index (χ1v) is 11.1. The minimum absolute atomic E-state index is 0.102. The van der Waals surface area contributed by atoms with E-state index in [4.69, 9.17) is 9.47 Å². The number of nitrogens with zero attached hydrogens (tertiary/aromatic N) is 4. The molecule has 3 heterocycles. The monoisotopic (exact) mass is 432 g/mol. The first-order valence-electron chi connectivity index (χ1n) is 11.1. The van der Waals surface area contributed by atoms with Crippen molar-refractivity contribution in [2.45, 2.75) is 26.9 Å². The molecule has 7 heteroatoms. The molecule has 1 saturated heterocycles. The summed E-state index contributed by atoms with van der Waals surface area (Å²) in [5, 5.41) is 4.51. The van der Waals surface area contributed by atoms with Gasteiger partial charge >= 0.3 is 0 Å². The largest absolute Gasteiger partial charge is 0.454 e. The molecule has 3 aromatic rings. The number of aryl methyl sites for hydroxylation is 2. The van der Waals surface area contributed by atoms with Crippen LogP contribution in [0.3, 0.4) is 0 Å². The molecule has 0 saturated carbocycles. The van der Waals surface area contributed by atoms with Crippen LogP contribution in [0.1, 0.15) is 32.9 Å². The number of carbonyl (C=O) groups excluding carboxylic acids is 1. The Kier molecular flexibility index (Phi) is 5.57. The molecular weight excluding hydrogens is 404 g/mol. The molecule has 0 aliphatic carbocycles. The highest BCUT2D eigenvalue weighted by Gasteiger charge is 2.23. The summed E-state index contributed by atoms with van der Waals surface area (Å²) in [5.41, 5.74) is 5.24. The van der Waals surface area contributed by atoms with Crippen LogP contribution in [0.15, 0.2) is 48.5 Å². The number of ether oxygens (including phenoxy) is 2. The minimum atomic E-state index is 0.102. The molecule has 166 valence electrons. The van der Waals surface area contributed by atoms with Gasteiger partial charge in [0.05, 0.1) is 12.2 Å². The highest BCUT2D eigenvalue weighted by atomic mass is 16.7. The number of fused-ring (bicyclic) bond motifs is 1. The van der Waals surface area contributed by atoms with Gasteiger partial charge in [-0.25, -0.2) is 0 Å². The Morgan fingerprint density at radius 1 is 0.875 bits per heavy atom. The zero-order valence-electron chi connectivity index (χ0n) is 18.6. The lowest BCUT2D eigenvalue weighted by molar-refractivity contribution is 0.0628. The van der Waals surface area contributed by atoms with Gasteiger partial charge in [0.25, 0.3) is 5.91 Å². The third-order valence-corrected chi connectivity index (χ3v) is 6.14. The van der Waals surface area contributed by atoms with Crippen LogP contribution in [-0.4, -0.2) is 58.5 Å². The molecule has 0 bridgehead atoms. The van der Waals surface area contributed by atoms with Crippen molar-refractivity contribution >= 4 is 5.91 Å². The van der Waals surface area contributed by atoms with Crippen LogP contribution >= 0.6 is 0 Å². The predicted octanol–water partition coefficient (Wildman–Crippen LogP) is 3.23. The lowest BCUT2D eigenvalue weighted by atomic mass is 10.1. The summed E-state index contributed by atoms with van der Waals surface area (Å²) in [4.78, 5) is 17.3. The quantitative estimate of drug-likeness (QED) is 0.620. The molecule has 1 amide bonds. The van der Waals surface area contributed by atoms with Crippen LogP contribution in [0.2, 0.25) is 0 Å². The highest BCUT2D eigenvalue weighted by Crippen LogP contribution is 2.32. The highest BCUT2D eigenvalue weighted by molar-refractivity contribution is 5.94. The van der Waals surface area contributed by atoms with E-state index in [1.807, 2.05) is 52.9 Å². The molecule has 0 radical (unpaired) electrons. The zero-order chi connectivity index (χ0) is 22.1. The van der Waals surface area contributed by atoms with E-state index in [9.17, 15) is 4.79 Å². The molecule has 0 atom stereocenters. The number of hydrogen-bond acceptors (Lipinski definition) is 5. The summed E-state index contributed by atoms with van der Waals surface area (Å²) in [6, 6.07) is 16.1. The van der Waals surface area contributed by atoms with Crippen LogP contribution in [0.4, 0.5) is 0 Å². The first-order chi connectivity index (χ1) is 15.5. The second-order valence-corrected chi connectivity index (χ2v) is 8.54. The fraction of sp³-hybridized carbons (Fsp3) is 0.360. The van der Waals surface area contributed by atoms with Crippen molar-refractivity contribution in [1.82, 2.24) is 19.6 Å². The van der Waals surface area contributed by atoms with Crippen LogP contribution in [0.25, 0.3) is 0 Å². The molecule has 0 N–H and O–H groups in total. The van der Waals surface area contributed by atoms with Crippen LogP contribution in [-0.2, 0) is 13.1 Å². The van der Waals surface area contributed by atoms with E-state index in [1.165, 1.54) is 5.56 Å². The second kappa shape index (κ2) is 8.67. The average molecular weight is 433 g/mol. The van der Waals surface area contributed by atoms with Gasteiger partial charge in [0.15, 0.2) is 11.5 Å². The van der Waals surface area contributed by atoms with E-state index in [1.54, 1.807) is 0 Å². The number of rotatable bonds is 5. The number of benzene rings is 2. The normalized spacial score (nSPS) is 15.9. The molecule has 0 spiro atoms. The minimum Gasteiger partial charge on any atom is -0.454 e. The maximum absolute atomic E-state index is 13.0. The Labute approximate surface area is 188 Å². The van der Waals surface area contributed by atoms with Crippen molar-refractivity contribution in [3.05, 3.63) is 76.6 Å². The van der Waals surface area contributed by atoms with Crippen molar-refractivity contribution in [2.24, 2.45) is 0 Å². The summed E-state index contributed by atoms with van der Waals surface area (Å²) in [6.07, 6.45) is 0. The van der Waals surface area contributed by atoms with E-state index < -0.39 is 0 Å². The molecule has 2 aliphatic rings. The Hall–Kier alpha value is -3.32. The van der Waals surface area contributed by atoms with Gasteiger partial charge in [0.1, 0.15) is 0 Å². The molecule has 1 aromatic heterocycles. The van der Waals surface area contributed by atoms with Crippen LogP contribution in [0.5, 0.6) is 11.5 Å². The van der Waals surface area contributed by atoms with Crippen LogP contribution in [0, 0.1) is 13.8 Å². The van der Waals surface area contributed by atoms with E-state index >= 15 is 0 Å². The molecule has 1 fully saturated rings. The van der Waals surface area contributed by atoms with Crippen molar-refractivity contribution in [1.29, 1.82) is 0 Å². The standard InChI is InChI=1S/C25H28N4O3/c1-18-13-19(2)29(26-18)16-20-3-6-22(7-4-20)25(30)28-11-9-27(10-12-28)15-21-5-8-23-24(14-21)32-17-31-23/h3-8,13-14H,9-12,15-17H2,1-2H3. The maximum Gasteiger partial charge on any atom is 0.253 e. The van der Waals surface area contributed by atoms with Crippen molar-refractivity contribution in [3.63, 3.8) is 0 Å². The van der Waals surface area contributed by atoms with Gasteiger partial charge in [-0.05, 0) is 55.3 Å². The third kappa shape index (κ3) is 4.34. The third-order valence-electron chi connectivity index (χ3n) is 6.14. The fourth-order valence-corrected chi connectivity index (χ4v) is 4.35. The molecule has 5 rings (SSSR count). The maximum atomic E-state index is 13.0. The van der Waals surface area contributed by atoms with Gasteiger partial charge in [-0.15, -0.1) is 0 Å². The Bertz CT molecular complexity index is 1110. The van der Waals surface area contributed by atoms with Gasteiger partial charge in [0.2, 0.25) is 6.79 Å². The predicted molar refractivity (Wildman–Crippen MR) is 121 cm³/mol. The second-order valence-electron chi connectivity index (χ2n) is 8.54. The number of piperazine rings is 1. The van der Waals surface area contributed by atoms with E-state index in [-0.39, 0.29) is 5.91 Å². The summed E-state index contributed by atoms with van der Waals surface area (Å²) < 4.78 is 12.9. The summed E-state index contributed by atoms with van der Waals surface area (Å²) in [7, 11) is 0. The zero-order valence-corrected chi connectivity index (χ0v) is 18.6. The Morgan fingerprint density at radius 3 is 2.31 bits per heavy atom. The van der Waals surface area contributed by atoms with Crippen molar-refractivity contribution < 1.29 is 14.3 Å². The number of amides is 1. The SMILES string of the molecule is Cc1cc(C)n(Cc2ccc(C(=O)N3CCN(Cc4ccc5c(c4)OCO5)CC3)cc2)n1. The lowest BCUT2D eigenvalue weighted by Crippen LogP contribution is -2.48. The molecule has 7 nitrogen and oxygen atoms in total. The Balaban J connectivity index is 1.15. The van der Waals surface area contributed by atoms with Crippen molar-refractivity contribution in [3.8, 4) is 11.5 Å². The molecule has 2 aromatic carbocycles. The fourth-order valence-electron chi connectivity index (χ4n) is 4.35. The molecule has 2 aliphatic heterocycles. The van der Waals surface area contributed by atoms with Gasteiger partial charge in [-0.2, -0.15) is 5.10 Å². The van der Waals surface area contributed by atoms with Gasteiger partial charge < -0.3 is 14.4 Å². The molecular formula is C25H28N4O3. The van der Waals surface area contributed by atoms with E-state index in [2.05, 4.69) is 29.1 Å². The topological polar surface area (TPSA) is 59.8 Å². The number of hydrogen-bond donors (Lipinski definition) is 0. The van der Waals surface area contributed by atoms with E-state index in [0.29, 0.717) is 13.3 Å². The average Bonchev–Trinajstić information content (AvgIpc) is 3.39. The number of carbonyl (C=O) groups is 1. The summed E-state index contributed by atoms with van der Waals surface area (Å²) >= 11 is 0. The summed E-state index contributed by atoms with van der Waals surface area (Å²) in [5.74, 6) is 1.73. The lowest BCUT2D eigenvalue weighted by Gasteiger charge is -2.34. The smallest absolute Gasteiger partial charge is 0.253 e. The Morgan fingerprint density at radius 2 is 1.59 bits per heavy atom. The van der Waals surface area contributed by atoms with Crippen molar-refractivity contribution in [2.75, 3.05) is 33.0 Å². The van der Waals surface area contributed by atoms with Gasteiger partial charge in [-0.1, -0.05) is 18.2 Å². The van der Waals surface area contributed by atoms with Gasteiger partial charge in [0, 0.05) is 44.0 Å². The van der Waals surface area contributed by atoms with E-state index in [0.717, 1.165) is 66.7 Å². The number of aromatic nitrogens is 2. The molecule has 32 heavy (non-hydrogen) atoms. The first kappa shape index (κ1) is 20.6. The summed E-state index contributed by atoms with van der Waals surface area (Å²) in [6.45, 7) is 9.10.